The molecule has 4 aliphatic rings. The summed E-state index contributed by atoms with van der Waals surface area (Å²) in [4.78, 5) is 0. The molecule has 0 heterocycles. The summed E-state index contributed by atoms with van der Waals surface area (Å²) in [5, 5.41) is 0. The fourth-order valence-corrected chi connectivity index (χ4v) is 0. The Balaban J connectivity index is 0.000000153. The van der Waals surface area contributed by atoms with E-state index in [9.17, 15) is 0 Å². The van der Waals surface area contributed by atoms with E-state index in [1.54, 1.807) is 0 Å². The summed E-state index contributed by atoms with van der Waals surface area (Å²) in [5.41, 5.74) is 0. The lowest BCUT2D eigenvalue weighted by Crippen LogP contribution is -0.856. The van der Waals surface area contributed by atoms with Crippen LogP contribution < -0.4 is 0 Å². The summed E-state index contributed by atoms with van der Waals surface area (Å²) < 4.78 is 10.0. The molecule has 0 spiro atoms. The average Bonchev–Trinajstić information content (AvgIpc) is 3.10. The van der Waals surface area contributed by atoms with Crippen molar-refractivity contribution in [1.82, 2.24) is 0 Å². The summed E-state index contributed by atoms with van der Waals surface area (Å²) in [7, 11) is 0. The topological polar surface area (TPSA) is 0 Å². The molecule has 0 amide bonds. The molecule has 0 aliphatic heterocycles. The Kier molecular flexibility index (Phi) is 5.47. The zero-order valence-corrected chi connectivity index (χ0v) is 8.49. The van der Waals surface area contributed by atoms with E-state index in [0.717, 1.165) is 0 Å². The molecule has 12 heavy (non-hydrogen) atoms. The molecule has 4 aliphatic carbocycles. The van der Waals surface area contributed by atoms with Gasteiger partial charge in [-0.2, -0.15) is 0 Å². The third-order valence-corrected chi connectivity index (χ3v) is 1.41. The zero-order chi connectivity index (χ0) is 10.5. The van der Waals surface area contributed by atoms with E-state index in [-0.39, 0.29) is 0 Å². The van der Waals surface area contributed by atoms with Gasteiger partial charge in [0.15, 0.2) is 0 Å². The van der Waals surface area contributed by atoms with E-state index in [1.807, 2.05) is 0 Å². The normalized spacial score (nSPS) is 24.7. The minimum atomic E-state index is 1.50. The predicted molar refractivity (Wildman–Crippen MR) is 57.5 cm³/mol. The molecule has 0 aromatic carbocycles. The third kappa shape index (κ3) is 50.6. The van der Waals surface area contributed by atoms with E-state index in [1.165, 1.54) is 77.0 Å². The van der Waals surface area contributed by atoms with Crippen LogP contribution in [0.1, 0.15) is 80.0 Å². The van der Waals surface area contributed by atoms with Crippen molar-refractivity contribution in [1.29, 1.82) is 0 Å². The first-order valence-corrected chi connectivity index (χ1v) is 6.00. The highest BCUT2D eigenvalue weighted by Crippen LogP contribution is 2.15. The smallest absolute Gasteiger partial charge is 0 e. The second-order valence-corrected chi connectivity index (χ2v) is 4.24. The number of rotatable bonds is 0. The van der Waals surface area contributed by atoms with Crippen molar-refractivity contribution in [3.05, 3.63) is 0 Å². The first-order valence-electron chi connectivity index (χ1n) is 7.00. The Morgan fingerprint density at radius 1 is 0.333 bits per heavy atom. The minimum Gasteiger partial charge on any atom is -0.0533 e. The Morgan fingerprint density at radius 2 is 0.417 bits per heavy atom. The summed E-state index contributed by atoms with van der Waals surface area (Å²) >= 11 is 0. The number of hydrogen-bond acceptors (Lipinski definition) is 0. The van der Waals surface area contributed by atoms with Gasteiger partial charge in [-0.05, 0) is 0 Å². The Morgan fingerprint density at radius 3 is 0.417 bits per heavy atom. The van der Waals surface area contributed by atoms with Crippen LogP contribution in [-0.2, 0) is 0 Å². The van der Waals surface area contributed by atoms with E-state index in [0.29, 0.717) is 0 Å². The van der Waals surface area contributed by atoms with Gasteiger partial charge in [0.25, 0.3) is 0 Å². The van der Waals surface area contributed by atoms with Gasteiger partial charge >= 0.3 is 0 Å². The van der Waals surface area contributed by atoms with Crippen LogP contribution in [0, 0.1) is 0 Å². The summed E-state index contributed by atoms with van der Waals surface area (Å²) in [6.45, 7) is 0. The fraction of sp³-hybridized carbons (Fsp3) is 1.00. The van der Waals surface area contributed by atoms with Crippen molar-refractivity contribution in [3.63, 3.8) is 0 Å². The lowest BCUT2D eigenvalue weighted by molar-refractivity contribution is 1.50. The van der Waals surface area contributed by atoms with Crippen LogP contribution in [0.5, 0.6) is 0 Å². The molecule has 0 heteroatoms. The third-order valence-electron chi connectivity index (χ3n) is 1.41. The molecule has 0 saturated heterocycles. The molecule has 74 valence electrons. The lowest BCUT2D eigenvalue weighted by Gasteiger charge is -1.05. The van der Waals surface area contributed by atoms with Crippen molar-refractivity contribution in [2.24, 2.45) is 0 Å². The van der Waals surface area contributed by atoms with Crippen molar-refractivity contribution >= 4 is 0 Å². The molecular weight excluding hydrogens is 144 g/mol. The lowest BCUT2D eigenvalue weighted by atomic mass is 11.0. The first kappa shape index (κ1) is 8.59. The Labute approximate surface area is 80.8 Å². The average molecular weight is 174 g/mol. The molecule has 4 saturated carbocycles. The van der Waals surface area contributed by atoms with Crippen molar-refractivity contribution in [2.75, 3.05) is 0 Å². The van der Waals surface area contributed by atoms with Crippen LogP contribution in [0.3, 0.4) is 0 Å². The van der Waals surface area contributed by atoms with Gasteiger partial charge in [0, 0.05) is 2.97 Å². The van der Waals surface area contributed by atoms with Crippen LogP contribution in [0.25, 0.3) is 0 Å². The summed E-state index contributed by atoms with van der Waals surface area (Å²) in [6.07, 6.45) is 18.0. The summed E-state index contributed by atoms with van der Waals surface area (Å²) in [5.74, 6) is 0. The van der Waals surface area contributed by atoms with E-state index in [2.05, 4.69) is 0 Å². The van der Waals surface area contributed by atoms with Gasteiger partial charge in [-0.15, -0.1) is 0 Å². The van der Waals surface area contributed by atoms with Gasteiger partial charge in [0.2, 0.25) is 0 Å². The maximum atomic E-state index is 5.00. The largest absolute Gasteiger partial charge is 0.0533 e. The van der Waals surface area contributed by atoms with Gasteiger partial charge in [-0.3, -0.25) is 0 Å². The molecule has 0 unspecified atom stereocenters. The van der Waals surface area contributed by atoms with Crippen LogP contribution >= 0.6 is 0 Å². The SMILES string of the molecule is C1CC1.C1CC1.C1CC1.C1CC1.[3H][3H]. The van der Waals surface area contributed by atoms with E-state index in [4.69, 9.17) is 2.97 Å². The molecule has 4 fully saturated rings. The van der Waals surface area contributed by atoms with Gasteiger partial charge < -0.3 is 0 Å². The van der Waals surface area contributed by atoms with Gasteiger partial charge in [-0.25, -0.2) is 0 Å². The second-order valence-electron chi connectivity index (χ2n) is 4.24. The highest BCUT2D eigenvalue weighted by molar-refractivity contribution is 4.51. The molecule has 0 radical (unpaired) electrons. The highest BCUT2D eigenvalue weighted by Gasteiger charge is 1.96. The van der Waals surface area contributed by atoms with Crippen molar-refractivity contribution < 1.29 is 2.97 Å². The monoisotopic (exact) mass is 174 g/mol. The first-order chi connectivity index (χ1) is 7.00. The maximum Gasteiger partial charge on any atom is 0 e. The molecule has 4 rings (SSSR count). The van der Waals surface area contributed by atoms with Crippen molar-refractivity contribution in [3.8, 4) is 0 Å². The molecule has 0 nitrogen and oxygen atoms in total. The maximum absolute atomic E-state index is 5.00. The van der Waals surface area contributed by atoms with E-state index < -0.39 is 0 Å². The van der Waals surface area contributed by atoms with Gasteiger partial charge in [-0.1, -0.05) is 77.0 Å². The molecule has 0 aromatic rings. The molecule has 0 aromatic heterocycles. The van der Waals surface area contributed by atoms with E-state index >= 15 is 0 Å². The minimum absolute atomic E-state index is 1.50. The van der Waals surface area contributed by atoms with Crippen LogP contribution in [0.4, 0.5) is 0 Å². The number of hydrogen-bond donors (Lipinski definition) is 0. The molecule has 0 atom stereocenters. The second kappa shape index (κ2) is 7.64. The van der Waals surface area contributed by atoms with Crippen LogP contribution in [-0.4, -0.2) is 0 Å². The predicted octanol–water partition coefficient (Wildman–Crippen LogP) is 4.93. The molecular formula is C12H26. The van der Waals surface area contributed by atoms with Crippen LogP contribution in [0.2, 0.25) is 0 Å². The van der Waals surface area contributed by atoms with Gasteiger partial charge in [0.1, 0.15) is 0 Å². The Bertz CT molecular complexity index is 51.3. The van der Waals surface area contributed by atoms with Gasteiger partial charge in [0.05, 0.1) is 0 Å². The zero-order valence-electron chi connectivity index (χ0n) is 10.5. The Hall–Kier alpha value is 0. The highest BCUT2D eigenvalue weighted by atomic mass is 14.0. The van der Waals surface area contributed by atoms with Crippen LogP contribution in [0.15, 0.2) is 0 Å². The quantitative estimate of drug-likeness (QED) is 0.488. The molecule has 0 N–H and O–H groups in total. The standard InChI is InChI=1S/4C3H6.H2/c4*1-2-3-1;/h4*1-3H2;1H/i;;;;1+2T. The molecule has 0 bridgehead atoms. The van der Waals surface area contributed by atoms with Crippen molar-refractivity contribution in [2.45, 2.75) is 77.0 Å². The summed E-state index contributed by atoms with van der Waals surface area (Å²) in [6, 6.07) is 0. The fourth-order valence-electron chi connectivity index (χ4n) is 0.